The minimum absolute atomic E-state index is 0.0570. The fourth-order valence-corrected chi connectivity index (χ4v) is 1.78. The van der Waals surface area contributed by atoms with E-state index < -0.39 is 0 Å². The van der Waals surface area contributed by atoms with Crippen molar-refractivity contribution in [3.05, 3.63) is 0 Å². The van der Waals surface area contributed by atoms with E-state index in [0.29, 0.717) is 12.6 Å². The zero-order valence-electron chi connectivity index (χ0n) is 8.41. The Morgan fingerprint density at radius 1 is 1.21 bits per heavy atom. The summed E-state index contributed by atoms with van der Waals surface area (Å²) < 4.78 is 0. The van der Waals surface area contributed by atoms with Crippen molar-refractivity contribution in [1.82, 2.24) is 10.2 Å². The fraction of sp³-hybridized carbons (Fsp3) is 0.900. The SMILES string of the molecule is O=C(NC1CC1)N1CCCC(O)CC1. The third-order valence-corrected chi connectivity index (χ3v) is 2.89. The maximum Gasteiger partial charge on any atom is 0.317 e. The number of carbonyl (C=O) groups excluding carboxylic acids is 1. The summed E-state index contributed by atoms with van der Waals surface area (Å²) in [6.07, 6.45) is 4.50. The summed E-state index contributed by atoms with van der Waals surface area (Å²) in [7, 11) is 0. The average molecular weight is 198 g/mol. The van der Waals surface area contributed by atoms with E-state index in [0.717, 1.165) is 38.6 Å². The van der Waals surface area contributed by atoms with Gasteiger partial charge in [-0.2, -0.15) is 0 Å². The van der Waals surface area contributed by atoms with Gasteiger partial charge in [0.25, 0.3) is 0 Å². The summed E-state index contributed by atoms with van der Waals surface area (Å²) in [6, 6.07) is 0.484. The molecule has 2 N–H and O–H groups in total. The number of likely N-dealkylation sites (tertiary alicyclic amines) is 1. The molecule has 1 aliphatic heterocycles. The first-order chi connectivity index (χ1) is 6.75. The highest BCUT2D eigenvalue weighted by Gasteiger charge is 2.26. The number of aliphatic hydroxyl groups excluding tert-OH is 1. The molecule has 2 fully saturated rings. The second-order valence-electron chi connectivity index (χ2n) is 4.30. The van der Waals surface area contributed by atoms with Gasteiger partial charge in [0, 0.05) is 19.1 Å². The molecule has 4 heteroatoms. The van der Waals surface area contributed by atoms with Crippen LogP contribution in [0.2, 0.25) is 0 Å². The Hall–Kier alpha value is -0.770. The van der Waals surface area contributed by atoms with Crippen LogP contribution in [0.25, 0.3) is 0 Å². The Bertz CT molecular complexity index is 216. The predicted octanol–water partition coefficient (Wildman–Crippen LogP) is 0.705. The Morgan fingerprint density at radius 3 is 2.71 bits per heavy atom. The molecule has 1 heterocycles. The lowest BCUT2D eigenvalue weighted by atomic mass is 10.2. The molecule has 1 unspecified atom stereocenters. The van der Waals surface area contributed by atoms with E-state index in [1.165, 1.54) is 0 Å². The fourth-order valence-electron chi connectivity index (χ4n) is 1.78. The molecule has 0 radical (unpaired) electrons. The summed E-state index contributed by atoms with van der Waals surface area (Å²) in [5, 5.41) is 12.4. The monoisotopic (exact) mass is 198 g/mol. The van der Waals surface area contributed by atoms with Crippen molar-refractivity contribution in [2.24, 2.45) is 0 Å². The second kappa shape index (κ2) is 4.17. The summed E-state index contributed by atoms with van der Waals surface area (Å²) in [5.41, 5.74) is 0. The van der Waals surface area contributed by atoms with Crippen LogP contribution in [-0.4, -0.2) is 41.3 Å². The normalized spacial score (nSPS) is 28.4. The lowest BCUT2D eigenvalue weighted by Gasteiger charge is -2.20. The van der Waals surface area contributed by atoms with Gasteiger partial charge in [-0.25, -0.2) is 4.79 Å². The van der Waals surface area contributed by atoms with E-state index in [9.17, 15) is 9.90 Å². The van der Waals surface area contributed by atoms with E-state index in [-0.39, 0.29) is 12.1 Å². The summed E-state index contributed by atoms with van der Waals surface area (Å²) in [6.45, 7) is 1.48. The highest BCUT2D eigenvalue weighted by molar-refractivity contribution is 5.74. The number of rotatable bonds is 1. The van der Waals surface area contributed by atoms with Gasteiger partial charge >= 0.3 is 6.03 Å². The van der Waals surface area contributed by atoms with Gasteiger partial charge in [-0.1, -0.05) is 0 Å². The summed E-state index contributed by atoms with van der Waals surface area (Å²) in [4.78, 5) is 13.5. The minimum Gasteiger partial charge on any atom is -0.393 e. The number of hydrogen-bond donors (Lipinski definition) is 2. The van der Waals surface area contributed by atoms with E-state index in [1.54, 1.807) is 0 Å². The molecule has 2 rings (SSSR count). The molecule has 0 aromatic rings. The van der Waals surface area contributed by atoms with Crippen LogP contribution in [0.3, 0.4) is 0 Å². The lowest BCUT2D eigenvalue weighted by molar-refractivity contribution is 0.155. The van der Waals surface area contributed by atoms with Gasteiger partial charge in [0.15, 0.2) is 0 Å². The molecule has 14 heavy (non-hydrogen) atoms. The molecule has 80 valence electrons. The van der Waals surface area contributed by atoms with Crippen molar-refractivity contribution < 1.29 is 9.90 Å². The quantitative estimate of drug-likeness (QED) is 0.652. The van der Waals surface area contributed by atoms with Gasteiger partial charge in [0.05, 0.1) is 6.10 Å². The highest BCUT2D eigenvalue weighted by Crippen LogP contribution is 2.19. The molecular weight excluding hydrogens is 180 g/mol. The van der Waals surface area contributed by atoms with Crippen molar-refractivity contribution >= 4 is 6.03 Å². The Balaban J connectivity index is 1.79. The van der Waals surface area contributed by atoms with Crippen molar-refractivity contribution in [1.29, 1.82) is 0 Å². The second-order valence-corrected chi connectivity index (χ2v) is 4.30. The zero-order valence-corrected chi connectivity index (χ0v) is 8.41. The molecule has 2 aliphatic rings. The number of carbonyl (C=O) groups is 1. The average Bonchev–Trinajstić information content (AvgIpc) is 2.93. The molecular formula is C10H18N2O2. The van der Waals surface area contributed by atoms with E-state index in [2.05, 4.69) is 5.32 Å². The first kappa shape index (κ1) is 9.77. The molecule has 1 atom stereocenters. The molecule has 1 saturated heterocycles. The molecule has 4 nitrogen and oxygen atoms in total. The van der Waals surface area contributed by atoms with Crippen LogP contribution in [0.5, 0.6) is 0 Å². The van der Waals surface area contributed by atoms with Crippen LogP contribution in [0.15, 0.2) is 0 Å². The van der Waals surface area contributed by atoms with Crippen molar-refractivity contribution in [3.8, 4) is 0 Å². The molecule has 0 aromatic carbocycles. The standard InChI is InChI=1S/C10H18N2O2/c13-9-2-1-6-12(7-5-9)10(14)11-8-3-4-8/h8-9,13H,1-7H2,(H,11,14). The lowest BCUT2D eigenvalue weighted by Crippen LogP contribution is -2.41. The number of aliphatic hydroxyl groups is 1. The molecule has 0 spiro atoms. The largest absolute Gasteiger partial charge is 0.393 e. The van der Waals surface area contributed by atoms with Crippen LogP contribution in [-0.2, 0) is 0 Å². The van der Waals surface area contributed by atoms with Crippen molar-refractivity contribution in [3.63, 3.8) is 0 Å². The van der Waals surface area contributed by atoms with Crippen molar-refractivity contribution in [2.45, 2.75) is 44.2 Å². The molecule has 0 aromatic heterocycles. The van der Waals surface area contributed by atoms with Gasteiger partial charge in [-0.05, 0) is 32.1 Å². The van der Waals surface area contributed by atoms with Gasteiger partial charge < -0.3 is 15.3 Å². The molecule has 1 saturated carbocycles. The van der Waals surface area contributed by atoms with Crippen LogP contribution >= 0.6 is 0 Å². The highest BCUT2D eigenvalue weighted by atomic mass is 16.3. The van der Waals surface area contributed by atoms with Crippen LogP contribution in [0.1, 0.15) is 32.1 Å². The number of urea groups is 1. The first-order valence-electron chi connectivity index (χ1n) is 5.49. The van der Waals surface area contributed by atoms with Gasteiger partial charge in [0.1, 0.15) is 0 Å². The first-order valence-corrected chi connectivity index (χ1v) is 5.49. The molecule has 2 amide bonds. The maximum atomic E-state index is 11.6. The molecule has 0 bridgehead atoms. The third kappa shape index (κ3) is 2.61. The van der Waals surface area contributed by atoms with Crippen LogP contribution in [0.4, 0.5) is 4.79 Å². The number of hydrogen-bond acceptors (Lipinski definition) is 2. The van der Waals surface area contributed by atoms with Gasteiger partial charge in [-0.15, -0.1) is 0 Å². The Labute approximate surface area is 84.3 Å². The van der Waals surface area contributed by atoms with E-state index in [4.69, 9.17) is 0 Å². The van der Waals surface area contributed by atoms with Crippen LogP contribution < -0.4 is 5.32 Å². The Morgan fingerprint density at radius 2 is 2.00 bits per heavy atom. The summed E-state index contributed by atoms with van der Waals surface area (Å²) in [5.74, 6) is 0. The maximum absolute atomic E-state index is 11.6. The van der Waals surface area contributed by atoms with Gasteiger partial charge in [-0.3, -0.25) is 0 Å². The smallest absolute Gasteiger partial charge is 0.317 e. The van der Waals surface area contributed by atoms with E-state index in [1.807, 2.05) is 4.90 Å². The van der Waals surface area contributed by atoms with E-state index >= 15 is 0 Å². The minimum atomic E-state index is -0.214. The van der Waals surface area contributed by atoms with Gasteiger partial charge in [0.2, 0.25) is 0 Å². The number of amides is 2. The predicted molar refractivity (Wildman–Crippen MR) is 53.0 cm³/mol. The summed E-state index contributed by atoms with van der Waals surface area (Å²) >= 11 is 0. The van der Waals surface area contributed by atoms with Crippen LogP contribution in [0, 0.1) is 0 Å². The third-order valence-electron chi connectivity index (χ3n) is 2.89. The number of nitrogens with one attached hydrogen (secondary N) is 1. The Kier molecular flexibility index (Phi) is 2.91. The van der Waals surface area contributed by atoms with Crippen molar-refractivity contribution in [2.75, 3.05) is 13.1 Å². The zero-order chi connectivity index (χ0) is 9.97. The molecule has 1 aliphatic carbocycles. The number of nitrogens with zero attached hydrogens (tertiary/aromatic N) is 1. The topological polar surface area (TPSA) is 52.6 Å².